The number of amides is 1. The fourth-order valence-corrected chi connectivity index (χ4v) is 3.37. The van der Waals surface area contributed by atoms with Crippen molar-refractivity contribution >= 4 is 41.5 Å². The molecule has 0 saturated carbocycles. The molecule has 164 valence electrons. The van der Waals surface area contributed by atoms with E-state index in [4.69, 9.17) is 15.9 Å². The molecule has 1 aliphatic heterocycles. The molecule has 3 rings (SSSR count). The van der Waals surface area contributed by atoms with Crippen molar-refractivity contribution in [3.8, 4) is 23.8 Å². The zero-order valence-electron chi connectivity index (χ0n) is 17.6. The smallest absolute Gasteiger partial charge is 0.225 e. The van der Waals surface area contributed by atoms with Gasteiger partial charge in [-0.25, -0.2) is 0 Å². The maximum Gasteiger partial charge on any atom is 0.225 e. The predicted octanol–water partition coefficient (Wildman–Crippen LogP) is 3.12. The Morgan fingerprint density at radius 3 is 2.81 bits per heavy atom. The minimum Gasteiger partial charge on any atom is -0.493 e. The molecular formula is C23H27IN4O3. The standard InChI is InChI=1S/C23H26N4O3.HI/c1-4-11-30-21-12-16(9-10-20(21)29-3)14-25-23(24-2)26-15-17-13-22(28)27-19-8-6-5-7-18(17)19;/h1,5-10,12,17H,11,13-15H2,2-3H3,(H,27,28)(H2,24,25,26);1H. The van der Waals surface area contributed by atoms with Crippen molar-refractivity contribution in [2.75, 3.05) is 32.6 Å². The van der Waals surface area contributed by atoms with Gasteiger partial charge in [-0.1, -0.05) is 30.2 Å². The number of terminal acetylenes is 1. The number of nitrogens with zero attached hydrogens (tertiary/aromatic N) is 1. The molecule has 0 radical (unpaired) electrons. The summed E-state index contributed by atoms with van der Waals surface area (Å²) in [6, 6.07) is 13.6. The number of hydrogen-bond acceptors (Lipinski definition) is 4. The molecule has 0 bridgehead atoms. The van der Waals surface area contributed by atoms with Gasteiger partial charge in [-0.2, -0.15) is 0 Å². The average Bonchev–Trinajstić information content (AvgIpc) is 2.77. The van der Waals surface area contributed by atoms with E-state index in [0.29, 0.717) is 37.0 Å². The molecule has 1 amide bonds. The number of rotatable bonds is 7. The number of fused-ring (bicyclic) bond motifs is 1. The lowest BCUT2D eigenvalue weighted by Gasteiger charge is -2.26. The van der Waals surface area contributed by atoms with Gasteiger partial charge in [0.1, 0.15) is 6.61 Å². The van der Waals surface area contributed by atoms with Crippen LogP contribution < -0.4 is 25.4 Å². The highest BCUT2D eigenvalue weighted by molar-refractivity contribution is 14.0. The number of carbonyl (C=O) groups is 1. The van der Waals surface area contributed by atoms with Gasteiger partial charge < -0.3 is 25.4 Å². The molecule has 3 N–H and O–H groups in total. The van der Waals surface area contributed by atoms with E-state index in [1.807, 2.05) is 42.5 Å². The average molecular weight is 534 g/mol. The highest BCUT2D eigenvalue weighted by Crippen LogP contribution is 2.31. The Labute approximate surface area is 200 Å². The second-order valence-electron chi connectivity index (χ2n) is 6.82. The Balaban J connectivity index is 0.00000341. The van der Waals surface area contributed by atoms with Gasteiger partial charge in [0.05, 0.1) is 7.11 Å². The lowest BCUT2D eigenvalue weighted by atomic mass is 9.90. The van der Waals surface area contributed by atoms with Crippen LogP contribution in [0, 0.1) is 12.3 Å². The molecule has 0 fully saturated rings. The summed E-state index contributed by atoms with van der Waals surface area (Å²) in [6.45, 7) is 1.31. The number of para-hydroxylation sites is 1. The second-order valence-corrected chi connectivity index (χ2v) is 6.82. The van der Waals surface area contributed by atoms with Crippen molar-refractivity contribution in [2.45, 2.75) is 18.9 Å². The summed E-state index contributed by atoms with van der Waals surface area (Å²) in [4.78, 5) is 16.3. The number of carbonyl (C=O) groups excluding carboxylic acids is 1. The van der Waals surface area contributed by atoms with E-state index in [0.717, 1.165) is 16.8 Å². The third-order valence-corrected chi connectivity index (χ3v) is 4.85. The van der Waals surface area contributed by atoms with E-state index < -0.39 is 0 Å². The van der Waals surface area contributed by atoms with Crippen LogP contribution in [0.4, 0.5) is 5.69 Å². The van der Waals surface area contributed by atoms with Gasteiger partial charge >= 0.3 is 0 Å². The first-order chi connectivity index (χ1) is 14.6. The normalized spacial score (nSPS) is 14.9. The summed E-state index contributed by atoms with van der Waals surface area (Å²) in [6.07, 6.45) is 5.72. The first kappa shape index (κ1) is 24.3. The van der Waals surface area contributed by atoms with Gasteiger partial charge in [0.15, 0.2) is 17.5 Å². The van der Waals surface area contributed by atoms with Crippen LogP contribution in [-0.4, -0.2) is 39.2 Å². The maximum absolute atomic E-state index is 12.0. The number of ether oxygens (including phenoxy) is 2. The molecule has 7 nitrogen and oxygen atoms in total. The van der Waals surface area contributed by atoms with Crippen LogP contribution in [0.25, 0.3) is 0 Å². The lowest BCUT2D eigenvalue weighted by Crippen LogP contribution is -2.40. The van der Waals surface area contributed by atoms with Crippen molar-refractivity contribution in [2.24, 2.45) is 4.99 Å². The fourth-order valence-electron chi connectivity index (χ4n) is 3.37. The van der Waals surface area contributed by atoms with E-state index >= 15 is 0 Å². The van der Waals surface area contributed by atoms with Crippen molar-refractivity contribution < 1.29 is 14.3 Å². The number of anilines is 1. The van der Waals surface area contributed by atoms with Crippen molar-refractivity contribution in [3.63, 3.8) is 0 Å². The quantitative estimate of drug-likeness (QED) is 0.220. The molecule has 31 heavy (non-hydrogen) atoms. The Kier molecular flexibility index (Phi) is 9.46. The monoisotopic (exact) mass is 534 g/mol. The van der Waals surface area contributed by atoms with Crippen LogP contribution >= 0.6 is 24.0 Å². The number of halogens is 1. The minimum absolute atomic E-state index is 0. The van der Waals surface area contributed by atoms with Crippen LogP contribution in [-0.2, 0) is 11.3 Å². The van der Waals surface area contributed by atoms with Gasteiger partial charge in [-0.15, -0.1) is 30.4 Å². The molecule has 0 saturated heterocycles. The predicted molar refractivity (Wildman–Crippen MR) is 133 cm³/mol. The van der Waals surface area contributed by atoms with E-state index in [9.17, 15) is 4.79 Å². The fraction of sp³-hybridized carbons (Fsp3) is 0.304. The number of nitrogens with one attached hydrogen (secondary N) is 3. The van der Waals surface area contributed by atoms with E-state index in [2.05, 4.69) is 26.9 Å². The highest BCUT2D eigenvalue weighted by atomic mass is 127. The SMILES string of the molecule is C#CCOc1cc(CNC(=NC)NCC2CC(=O)Nc3ccccc32)ccc1OC.I. The van der Waals surface area contributed by atoms with Crippen molar-refractivity contribution in [1.82, 2.24) is 10.6 Å². The largest absolute Gasteiger partial charge is 0.493 e. The number of hydrogen-bond donors (Lipinski definition) is 3. The molecule has 8 heteroatoms. The Morgan fingerprint density at radius 1 is 1.26 bits per heavy atom. The first-order valence-electron chi connectivity index (χ1n) is 9.71. The third kappa shape index (κ3) is 6.52. The molecule has 2 aromatic carbocycles. The zero-order chi connectivity index (χ0) is 21.3. The summed E-state index contributed by atoms with van der Waals surface area (Å²) in [5, 5.41) is 9.52. The minimum atomic E-state index is 0. The molecule has 1 atom stereocenters. The molecule has 1 heterocycles. The zero-order valence-corrected chi connectivity index (χ0v) is 19.9. The number of aliphatic imine (C=N–C) groups is 1. The summed E-state index contributed by atoms with van der Waals surface area (Å²) >= 11 is 0. The molecule has 2 aromatic rings. The van der Waals surface area contributed by atoms with E-state index in [1.165, 1.54) is 0 Å². The molecule has 0 aromatic heterocycles. The topological polar surface area (TPSA) is 84.0 Å². The van der Waals surface area contributed by atoms with Gasteiger partial charge in [0.2, 0.25) is 5.91 Å². The molecule has 0 aliphatic carbocycles. The van der Waals surface area contributed by atoms with E-state index in [1.54, 1.807) is 14.2 Å². The number of methoxy groups -OCH3 is 1. The number of guanidine groups is 1. The maximum atomic E-state index is 12.0. The molecule has 1 aliphatic rings. The summed E-state index contributed by atoms with van der Waals surface area (Å²) in [5.74, 6) is 4.45. The first-order valence-corrected chi connectivity index (χ1v) is 9.71. The van der Waals surface area contributed by atoms with E-state index in [-0.39, 0.29) is 42.4 Å². The van der Waals surface area contributed by atoms with Crippen molar-refractivity contribution in [3.05, 3.63) is 53.6 Å². The molecular weight excluding hydrogens is 507 g/mol. The van der Waals surface area contributed by atoms with Gasteiger partial charge in [0.25, 0.3) is 0 Å². The summed E-state index contributed by atoms with van der Waals surface area (Å²) in [5.41, 5.74) is 3.00. The Bertz CT molecular complexity index is 972. The van der Waals surface area contributed by atoms with Crippen LogP contribution in [0.15, 0.2) is 47.5 Å². The Hall–Kier alpha value is -2.93. The second kappa shape index (κ2) is 12.1. The van der Waals surface area contributed by atoms with Gasteiger partial charge in [-0.3, -0.25) is 9.79 Å². The van der Waals surface area contributed by atoms with Crippen LogP contribution in [0.1, 0.15) is 23.5 Å². The van der Waals surface area contributed by atoms with Crippen LogP contribution in [0.3, 0.4) is 0 Å². The number of benzene rings is 2. The third-order valence-electron chi connectivity index (χ3n) is 4.85. The molecule has 0 spiro atoms. The van der Waals surface area contributed by atoms with Crippen molar-refractivity contribution in [1.29, 1.82) is 0 Å². The van der Waals surface area contributed by atoms with Crippen LogP contribution in [0.2, 0.25) is 0 Å². The summed E-state index contributed by atoms with van der Waals surface area (Å²) in [7, 11) is 3.30. The Morgan fingerprint density at radius 2 is 2.06 bits per heavy atom. The van der Waals surface area contributed by atoms with Gasteiger partial charge in [-0.05, 0) is 29.3 Å². The lowest BCUT2D eigenvalue weighted by molar-refractivity contribution is -0.116. The molecule has 1 unspecified atom stereocenters. The summed E-state index contributed by atoms with van der Waals surface area (Å²) < 4.78 is 10.9. The van der Waals surface area contributed by atoms with Gasteiger partial charge in [0, 0.05) is 38.2 Å². The highest BCUT2D eigenvalue weighted by Gasteiger charge is 2.24. The van der Waals surface area contributed by atoms with Crippen LogP contribution in [0.5, 0.6) is 11.5 Å².